The van der Waals surface area contributed by atoms with Crippen molar-refractivity contribution in [2.45, 2.75) is 96.8 Å². The molecule has 5 heterocycles. The van der Waals surface area contributed by atoms with Gasteiger partial charge in [-0.25, -0.2) is 9.97 Å². The first-order chi connectivity index (χ1) is 37.2. The third-order valence-electron chi connectivity index (χ3n) is 20.4. The summed E-state index contributed by atoms with van der Waals surface area (Å²) in [4.78, 5) is 47.9. The maximum Gasteiger partial charge on any atom is 2.00 e. The van der Waals surface area contributed by atoms with Crippen LogP contribution in [-0.2, 0) is 32.8 Å². The molecular formula is C68H62CoN4O4. The average molecular weight is 1060 g/mol. The second kappa shape index (κ2) is 18.7. The van der Waals surface area contributed by atoms with Crippen molar-refractivity contribution in [1.82, 2.24) is 19.9 Å². The smallest absolute Gasteiger partial charge is 0.654 e. The predicted octanol–water partition coefficient (Wildman–Crippen LogP) is 15.3. The zero-order valence-electron chi connectivity index (χ0n) is 43.7. The fourth-order valence-corrected chi connectivity index (χ4v) is 16.6. The molecule has 5 saturated carbocycles. The van der Waals surface area contributed by atoms with E-state index in [0.717, 1.165) is 133 Å². The van der Waals surface area contributed by atoms with Gasteiger partial charge in [-0.1, -0.05) is 122 Å². The Labute approximate surface area is 460 Å². The molecule has 2 aliphatic heterocycles. The van der Waals surface area contributed by atoms with Crippen LogP contribution in [-0.4, -0.2) is 21.5 Å². The van der Waals surface area contributed by atoms with Gasteiger partial charge < -0.3 is 19.4 Å². The van der Waals surface area contributed by atoms with E-state index in [1.807, 2.05) is 24.3 Å². The van der Waals surface area contributed by atoms with Gasteiger partial charge in [0.2, 0.25) is 0 Å². The minimum Gasteiger partial charge on any atom is -0.654 e. The summed E-state index contributed by atoms with van der Waals surface area (Å²) < 4.78 is 14.3. The van der Waals surface area contributed by atoms with E-state index in [0.29, 0.717) is 92.8 Å². The third kappa shape index (κ3) is 7.87. The third-order valence-corrected chi connectivity index (χ3v) is 20.4. The Hall–Kier alpha value is -6.81. The Morgan fingerprint density at radius 2 is 1.10 bits per heavy atom. The van der Waals surface area contributed by atoms with Crippen LogP contribution in [0, 0.1) is 52.3 Å². The molecule has 0 amide bonds. The van der Waals surface area contributed by atoms with Crippen LogP contribution in [0.15, 0.2) is 127 Å². The fourth-order valence-electron chi connectivity index (χ4n) is 16.6. The molecule has 9 heteroatoms. The monoisotopic (exact) mass is 1060 g/mol. The number of rotatable bonds is 6. The number of carbonyl (C=O) groups is 2. The minimum atomic E-state index is -0.152. The molecule has 5 fully saturated rings. The summed E-state index contributed by atoms with van der Waals surface area (Å²) in [5, 5.41) is 0. The first kappa shape index (κ1) is 48.6. The van der Waals surface area contributed by atoms with Crippen molar-refractivity contribution < 1.29 is 35.8 Å². The molecule has 0 N–H and O–H groups in total. The maximum absolute atomic E-state index is 13.1. The summed E-state index contributed by atoms with van der Waals surface area (Å²) in [6.07, 6.45) is 27.3. The molecule has 8 nitrogen and oxygen atoms in total. The van der Waals surface area contributed by atoms with Gasteiger partial charge in [-0.15, -0.1) is 11.0 Å². The Morgan fingerprint density at radius 1 is 0.532 bits per heavy atom. The largest absolute Gasteiger partial charge is 2.00 e. The topological polar surface area (TPSA) is 107 Å². The molecule has 0 saturated heterocycles. The van der Waals surface area contributed by atoms with E-state index in [9.17, 15) is 9.59 Å². The minimum absolute atomic E-state index is 0. The Morgan fingerprint density at radius 3 is 1.74 bits per heavy atom. The molecule has 7 aliphatic carbocycles. The number of nitrogens with zero attached hydrogens (tertiary/aromatic N) is 4. The Bertz CT molecular complexity index is 3680. The standard InChI is InChI=1S/C68H62N4O4.Co/c1-67-35-33-47-45-19-15-43(37-41(45)13-17-49(47)51(67)21-31-61(67)73)75-65-57-27-23-53(69-57)63(39-9-5-3-6-10-39)55-25-29-59(71-55)66(60-30-26-56(72-60)64(40-11-7-4-8-12-40)54-24-28-58(65)70-54)76-44-16-20-46-42(38-44)14-18-50-48(46)34-36-68(2)52(50)22-32-62(68)74;/h3-12,15-16,19-20,23-30,37-38,41,45,47-52H,13-14,17-18,21-22,31-36H2,1-2H3;/q-2;+2/t41?,45?,47-,48-,49-,50-,51+,52+,67+,68+;/m1./s1. The molecule has 2 unspecified atom stereocenters. The van der Waals surface area contributed by atoms with E-state index in [1.54, 1.807) is 0 Å². The van der Waals surface area contributed by atoms with Gasteiger partial charge in [0.05, 0.1) is 11.4 Å². The van der Waals surface area contributed by atoms with Crippen molar-refractivity contribution in [3.8, 4) is 39.5 Å². The SMILES string of the molecule is C[C@]12CC[C@@H]3c4ccc(Oc5c6nc(c(-c7ccccc7)c7ccc([n-]7)c(OC7=CC8CC[C@@H]9[C@H](CC[C@]%10(C)C(=O)CC[C@@H]9%10)C8C=C7)c7nc(c(-c8ccccc8)c8ccc5[n-]8)C=C7)C=C6)cc4CC[C@H]3[C@@H]1CCC2=O.[Co+2]. The van der Waals surface area contributed by atoms with Gasteiger partial charge in [0.15, 0.2) is 0 Å². The number of ketones is 2. The van der Waals surface area contributed by atoms with Crippen LogP contribution in [0.25, 0.3) is 68.6 Å². The molecule has 6 aromatic rings. The predicted molar refractivity (Wildman–Crippen MR) is 300 cm³/mol. The average Bonchev–Trinajstić information content (AvgIpc) is 4.48. The molecule has 387 valence electrons. The number of ether oxygens (including phenoxy) is 2. The van der Waals surface area contributed by atoms with E-state index >= 15 is 0 Å². The van der Waals surface area contributed by atoms with Crippen molar-refractivity contribution in [1.29, 1.82) is 0 Å². The van der Waals surface area contributed by atoms with E-state index in [-0.39, 0.29) is 27.6 Å². The van der Waals surface area contributed by atoms with E-state index in [4.69, 9.17) is 29.4 Å². The number of allylic oxidation sites excluding steroid dienone is 3. The fraction of sp³-hybridized carbons (Fsp3) is 0.353. The molecule has 10 atom stereocenters. The molecule has 8 bridgehead atoms. The number of benzene rings is 3. The van der Waals surface area contributed by atoms with Crippen LogP contribution in [0.5, 0.6) is 17.2 Å². The molecule has 77 heavy (non-hydrogen) atoms. The number of aromatic nitrogens is 4. The molecule has 9 aliphatic rings. The first-order valence-corrected chi connectivity index (χ1v) is 28.3. The van der Waals surface area contributed by atoms with Gasteiger partial charge in [0, 0.05) is 23.7 Å². The van der Waals surface area contributed by atoms with Crippen molar-refractivity contribution in [3.63, 3.8) is 0 Å². The number of carbonyl (C=O) groups excluding carboxylic acids is 2. The van der Waals surface area contributed by atoms with E-state index in [1.165, 1.54) is 11.1 Å². The van der Waals surface area contributed by atoms with Crippen LogP contribution in [0.1, 0.15) is 124 Å². The molecule has 15 rings (SSSR count). The van der Waals surface area contributed by atoms with Gasteiger partial charge in [0.1, 0.15) is 46.0 Å². The summed E-state index contributed by atoms with van der Waals surface area (Å²) in [6, 6.07) is 35.7. The number of fused-ring (bicyclic) bond motifs is 18. The van der Waals surface area contributed by atoms with Crippen molar-refractivity contribution in [2.24, 2.45) is 52.3 Å². The van der Waals surface area contributed by atoms with Crippen molar-refractivity contribution in [2.75, 3.05) is 0 Å². The van der Waals surface area contributed by atoms with Crippen LogP contribution >= 0.6 is 0 Å². The molecular weight excluding hydrogens is 996 g/mol. The van der Waals surface area contributed by atoms with Gasteiger partial charge in [0.25, 0.3) is 0 Å². The molecule has 1 radical (unpaired) electrons. The van der Waals surface area contributed by atoms with Crippen molar-refractivity contribution >= 4 is 57.9 Å². The Kier molecular flexibility index (Phi) is 11.8. The summed E-state index contributed by atoms with van der Waals surface area (Å²) in [5.74, 6) is 7.74. The summed E-state index contributed by atoms with van der Waals surface area (Å²) in [7, 11) is 0. The number of aryl methyl sites for hydroxylation is 1. The van der Waals surface area contributed by atoms with Crippen LogP contribution in [0.4, 0.5) is 0 Å². The van der Waals surface area contributed by atoms with Gasteiger partial charge in [-0.05, 0) is 194 Å². The summed E-state index contributed by atoms with van der Waals surface area (Å²) >= 11 is 0. The Balaban J connectivity index is 0.00000540. The molecule has 0 spiro atoms. The normalized spacial score (nSPS) is 29.3. The van der Waals surface area contributed by atoms with Gasteiger partial charge in [-0.3, -0.25) is 9.59 Å². The van der Waals surface area contributed by atoms with E-state index < -0.39 is 0 Å². The molecule has 3 aromatic carbocycles. The number of Topliss-reactive ketones (excluding diaryl/α,β-unsaturated/α-hetero) is 2. The zero-order chi connectivity index (χ0) is 50.9. The first-order valence-electron chi connectivity index (χ1n) is 28.3. The van der Waals surface area contributed by atoms with Gasteiger partial charge in [-0.2, -0.15) is 0 Å². The van der Waals surface area contributed by atoms with Crippen LogP contribution in [0.3, 0.4) is 0 Å². The zero-order valence-corrected chi connectivity index (χ0v) is 44.8. The van der Waals surface area contributed by atoms with Crippen LogP contribution in [0.2, 0.25) is 0 Å². The van der Waals surface area contributed by atoms with Crippen molar-refractivity contribution in [3.05, 3.63) is 161 Å². The number of hydrogen-bond acceptors (Lipinski definition) is 6. The second-order valence-corrected chi connectivity index (χ2v) is 24.0. The summed E-state index contributed by atoms with van der Waals surface area (Å²) in [5.41, 5.74) is 12.1. The maximum atomic E-state index is 13.1. The second-order valence-electron chi connectivity index (χ2n) is 24.0. The van der Waals surface area contributed by atoms with Gasteiger partial charge >= 0.3 is 16.8 Å². The van der Waals surface area contributed by atoms with E-state index in [2.05, 4.69) is 135 Å². The van der Waals surface area contributed by atoms with Crippen LogP contribution < -0.4 is 19.4 Å². The molecule has 3 aromatic heterocycles. The number of hydrogen-bond donors (Lipinski definition) is 0. The summed E-state index contributed by atoms with van der Waals surface area (Å²) in [6.45, 7) is 4.51. The quantitative estimate of drug-likeness (QED) is 0.162.